The number of hydrogen-bond acceptors (Lipinski definition) is 4. The van der Waals surface area contributed by atoms with Gasteiger partial charge in [-0.05, 0) is 24.0 Å². The molecule has 0 aromatic heterocycles. The average Bonchev–Trinajstić information content (AvgIpc) is 2.29. The van der Waals surface area contributed by atoms with E-state index in [1.807, 2.05) is 20.8 Å². The van der Waals surface area contributed by atoms with Crippen LogP contribution in [0.4, 0.5) is 11.4 Å². The Morgan fingerprint density at radius 2 is 1.95 bits per heavy atom. The van der Waals surface area contributed by atoms with Gasteiger partial charge in [0.05, 0.1) is 24.2 Å². The molecule has 0 aliphatic rings. The number of methoxy groups -OCH3 is 1. The first-order valence-electron chi connectivity index (χ1n) is 6.07. The van der Waals surface area contributed by atoms with Crippen LogP contribution in [-0.2, 0) is 10.0 Å². The Morgan fingerprint density at radius 3 is 2.47 bits per heavy atom. The number of benzene rings is 1. The largest absolute Gasteiger partial charge is 0.497 e. The molecule has 0 saturated heterocycles. The zero-order chi connectivity index (χ0) is 14.7. The van der Waals surface area contributed by atoms with Gasteiger partial charge in [-0.2, -0.15) is 0 Å². The molecule has 0 radical (unpaired) electrons. The third-order valence-electron chi connectivity index (χ3n) is 2.65. The number of hydrogen-bond donors (Lipinski definition) is 2. The maximum atomic E-state index is 12.0. The fourth-order valence-electron chi connectivity index (χ4n) is 1.41. The number of nitrogens with one attached hydrogen (secondary N) is 1. The third-order valence-corrected chi connectivity index (χ3v) is 3.92. The van der Waals surface area contributed by atoms with E-state index in [0.717, 1.165) is 0 Å². The summed E-state index contributed by atoms with van der Waals surface area (Å²) in [4.78, 5) is 0. The third kappa shape index (κ3) is 5.38. The number of ether oxygens (including phenoxy) is 1. The van der Waals surface area contributed by atoms with Gasteiger partial charge in [0.2, 0.25) is 10.0 Å². The second-order valence-electron chi connectivity index (χ2n) is 5.68. The minimum Gasteiger partial charge on any atom is -0.497 e. The Balaban J connectivity index is 2.83. The highest BCUT2D eigenvalue weighted by Crippen LogP contribution is 2.26. The van der Waals surface area contributed by atoms with Crippen molar-refractivity contribution in [3.8, 4) is 5.75 Å². The van der Waals surface area contributed by atoms with Gasteiger partial charge in [-0.25, -0.2) is 8.42 Å². The normalized spacial score (nSPS) is 12.2. The molecule has 0 heterocycles. The molecule has 19 heavy (non-hydrogen) atoms. The molecule has 0 aliphatic carbocycles. The second-order valence-corrected chi connectivity index (χ2v) is 7.53. The van der Waals surface area contributed by atoms with Crippen LogP contribution in [0.1, 0.15) is 27.2 Å². The Morgan fingerprint density at radius 1 is 1.32 bits per heavy atom. The van der Waals surface area contributed by atoms with Crippen molar-refractivity contribution in [2.45, 2.75) is 27.2 Å². The molecule has 5 nitrogen and oxygen atoms in total. The summed E-state index contributed by atoms with van der Waals surface area (Å²) in [6.07, 6.45) is 0.576. The fourth-order valence-corrected chi connectivity index (χ4v) is 2.90. The lowest BCUT2D eigenvalue weighted by Gasteiger charge is -2.18. The van der Waals surface area contributed by atoms with E-state index in [1.54, 1.807) is 18.2 Å². The van der Waals surface area contributed by atoms with Crippen LogP contribution in [0.25, 0.3) is 0 Å². The van der Waals surface area contributed by atoms with Crippen LogP contribution in [0.3, 0.4) is 0 Å². The van der Waals surface area contributed by atoms with Crippen LogP contribution in [0.15, 0.2) is 18.2 Å². The summed E-state index contributed by atoms with van der Waals surface area (Å²) in [5.41, 5.74) is 6.45. The van der Waals surface area contributed by atoms with Crippen molar-refractivity contribution in [2.75, 3.05) is 23.3 Å². The molecule has 0 bridgehead atoms. The topological polar surface area (TPSA) is 81.4 Å². The van der Waals surface area contributed by atoms with E-state index in [0.29, 0.717) is 23.5 Å². The van der Waals surface area contributed by atoms with Crippen molar-refractivity contribution in [2.24, 2.45) is 5.41 Å². The molecule has 0 amide bonds. The van der Waals surface area contributed by atoms with Gasteiger partial charge in [-0.15, -0.1) is 0 Å². The predicted octanol–water partition coefficient (Wildman–Crippen LogP) is 2.46. The number of rotatable bonds is 5. The zero-order valence-corrected chi connectivity index (χ0v) is 12.7. The van der Waals surface area contributed by atoms with E-state index in [9.17, 15) is 8.42 Å². The summed E-state index contributed by atoms with van der Waals surface area (Å²) < 4.78 is 31.5. The van der Waals surface area contributed by atoms with Crippen LogP contribution in [0.2, 0.25) is 0 Å². The second kappa shape index (κ2) is 5.69. The van der Waals surface area contributed by atoms with Gasteiger partial charge in [0.1, 0.15) is 5.75 Å². The molecule has 108 valence electrons. The van der Waals surface area contributed by atoms with E-state index in [1.165, 1.54) is 7.11 Å². The van der Waals surface area contributed by atoms with Crippen molar-refractivity contribution >= 4 is 21.4 Å². The molecule has 3 N–H and O–H groups in total. The average molecular weight is 286 g/mol. The highest BCUT2D eigenvalue weighted by Gasteiger charge is 2.18. The van der Waals surface area contributed by atoms with Gasteiger partial charge >= 0.3 is 0 Å². The van der Waals surface area contributed by atoms with Crippen LogP contribution in [-0.4, -0.2) is 21.3 Å². The van der Waals surface area contributed by atoms with Crippen molar-refractivity contribution in [1.82, 2.24) is 0 Å². The molecule has 1 aromatic carbocycles. The van der Waals surface area contributed by atoms with Crippen LogP contribution >= 0.6 is 0 Å². The maximum Gasteiger partial charge on any atom is 0.232 e. The Hall–Kier alpha value is -1.43. The zero-order valence-electron chi connectivity index (χ0n) is 11.9. The smallest absolute Gasteiger partial charge is 0.232 e. The molecular formula is C13H22N2O3S. The lowest BCUT2D eigenvalue weighted by molar-refractivity contribution is 0.397. The number of sulfonamides is 1. The van der Waals surface area contributed by atoms with E-state index in [-0.39, 0.29) is 11.2 Å². The van der Waals surface area contributed by atoms with Gasteiger partial charge in [0.15, 0.2) is 0 Å². The molecule has 6 heteroatoms. The summed E-state index contributed by atoms with van der Waals surface area (Å²) in [5.74, 6) is 0.621. The molecule has 0 spiro atoms. The van der Waals surface area contributed by atoms with Crippen molar-refractivity contribution in [3.63, 3.8) is 0 Å². The molecule has 0 atom stereocenters. The number of anilines is 2. The minimum absolute atomic E-state index is 0.0331. The first-order valence-corrected chi connectivity index (χ1v) is 7.72. The monoisotopic (exact) mass is 286 g/mol. The molecule has 1 aromatic rings. The molecule has 0 unspecified atom stereocenters. The van der Waals surface area contributed by atoms with Crippen LogP contribution < -0.4 is 15.2 Å². The first kappa shape index (κ1) is 15.6. The summed E-state index contributed by atoms with van der Waals surface area (Å²) in [7, 11) is -1.88. The van der Waals surface area contributed by atoms with Gasteiger partial charge in [0.25, 0.3) is 0 Å². The fraction of sp³-hybridized carbons (Fsp3) is 0.538. The van der Waals surface area contributed by atoms with Crippen molar-refractivity contribution in [1.29, 1.82) is 0 Å². The SMILES string of the molecule is COc1ccc(N)c(NS(=O)(=O)CCC(C)(C)C)c1. The lowest BCUT2D eigenvalue weighted by Crippen LogP contribution is -2.21. The highest BCUT2D eigenvalue weighted by atomic mass is 32.2. The standard InChI is InChI=1S/C13H22N2O3S/c1-13(2,3)7-8-19(16,17)15-12-9-10(18-4)5-6-11(12)14/h5-6,9,15H,7-8,14H2,1-4H3. The van der Waals surface area contributed by atoms with Crippen molar-refractivity contribution < 1.29 is 13.2 Å². The summed E-state index contributed by atoms with van der Waals surface area (Å²) >= 11 is 0. The Labute approximate surface area is 115 Å². The van der Waals surface area contributed by atoms with Gasteiger partial charge in [-0.3, -0.25) is 4.72 Å². The predicted molar refractivity (Wildman–Crippen MR) is 78.9 cm³/mol. The number of nitrogen functional groups attached to an aromatic ring is 1. The molecule has 0 aliphatic heterocycles. The maximum absolute atomic E-state index is 12.0. The minimum atomic E-state index is -3.40. The lowest BCUT2D eigenvalue weighted by atomic mass is 9.94. The molecule has 0 saturated carbocycles. The quantitative estimate of drug-likeness (QED) is 0.815. The highest BCUT2D eigenvalue weighted by molar-refractivity contribution is 7.92. The Kier molecular flexibility index (Phi) is 4.68. The summed E-state index contributed by atoms with van der Waals surface area (Å²) in [5, 5.41) is 0. The van der Waals surface area contributed by atoms with Gasteiger partial charge in [0, 0.05) is 6.07 Å². The van der Waals surface area contributed by atoms with Crippen molar-refractivity contribution in [3.05, 3.63) is 18.2 Å². The van der Waals surface area contributed by atoms with E-state index in [4.69, 9.17) is 10.5 Å². The Bertz CT molecular complexity index is 533. The first-order chi connectivity index (χ1) is 8.63. The van der Waals surface area contributed by atoms with E-state index >= 15 is 0 Å². The van der Waals surface area contributed by atoms with Gasteiger partial charge < -0.3 is 10.5 Å². The molecule has 0 fully saturated rings. The van der Waals surface area contributed by atoms with Crippen LogP contribution in [0, 0.1) is 5.41 Å². The summed E-state index contributed by atoms with van der Waals surface area (Å²) in [6, 6.07) is 4.87. The van der Waals surface area contributed by atoms with Crippen LogP contribution in [0.5, 0.6) is 5.75 Å². The summed E-state index contributed by atoms with van der Waals surface area (Å²) in [6.45, 7) is 6.01. The molecular weight excluding hydrogens is 264 g/mol. The van der Waals surface area contributed by atoms with Gasteiger partial charge in [-0.1, -0.05) is 20.8 Å². The van der Waals surface area contributed by atoms with E-state index < -0.39 is 10.0 Å². The molecule has 1 rings (SSSR count). The van der Waals surface area contributed by atoms with E-state index in [2.05, 4.69) is 4.72 Å². The number of nitrogens with two attached hydrogens (primary N) is 1.